The van der Waals surface area contributed by atoms with Crippen molar-refractivity contribution in [2.45, 2.75) is 37.7 Å². The van der Waals surface area contributed by atoms with Gasteiger partial charge in [-0.3, -0.25) is 4.79 Å². The third kappa shape index (κ3) is 3.40. The highest BCUT2D eigenvalue weighted by Gasteiger charge is 2.42. The first-order valence-electron chi connectivity index (χ1n) is 9.35. The van der Waals surface area contributed by atoms with Gasteiger partial charge < -0.3 is 19.9 Å². The van der Waals surface area contributed by atoms with Crippen molar-refractivity contribution in [3.63, 3.8) is 0 Å². The molecule has 3 fully saturated rings. The van der Waals surface area contributed by atoms with Crippen molar-refractivity contribution in [3.05, 3.63) is 28.8 Å². The molecule has 3 amide bonds. The first-order chi connectivity index (χ1) is 12.6. The number of urea groups is 1. The van der Waals surface area contributed by atoms with E-state index >= 15 is 0 Å². The minimum atomic E-state index is -0.174. The van der Waals surface area contributed by atoms with Gasteiger partial charge in [0.1, 0.15) is 0 Å². The Bertz CT molecular complexity index is 704. The zero-order chi connectivity index (χ0) is 18.1. The lowest BCUT2D eigenvalue weighted by Gasteiger charge is -2.47. The molecule has 3 heterocycles. The highest BCUT2D eigenvalue weighted by atomic mass is 35.5. The van der Waals surface area contributed by atoms with Crippen molar-refractivity contribution < 1.29 is 14.3 Å². The summed E-state index contributed by atoms with van der Waals surface area (Å²) in [4.78, 5) is 28.8. The van der Waals surface area contributed by atoms with Crippen molar-refractivity contribution in [1.29, 1.82) is 0 Å². The minimum Gasteiger partial charge on any atom is -0.375 e. The Balaban J connectivity index is 1.41. The standard InChI is InChI=1S/C19H24ClN3O3/c20-15-4-3-14(17(24)22-8-1-2-9-22)13-16(15)21-18(25)23-10-5-19(6-11-23)7-12-26-19/h3-4,13H,1-2,5-12H2,(H,21,25). The number of amides is 3. The quantitative estimate of drug-likeness (QED) is 0.859. The van der Waals surface area contributed by atoms with Gasteiger partial charge in [0, 0.05) is 31.7 Å². The molecule has 4 rings (SSSR count). The van der Waals surface area contributed by atoms with Gasteiger partial charge in [0.15, 0.2) is 0 Å². The molecule has 0 unspecified atom stereocenters. The molecule has 1 aromatic carbocycles. The number of carbonyl (C=O) groups is 2. The number of anilines is 1. The molecule has 0 saturated carbocycles. The Morgan fingerprint density at radius 2 is 1.73 bits per heavy atom. The molecule has 0 radical (unpaired) electrons. The van der Waals surface area contributed by atoms with E-state index in [0.717, 1.165) is 51.8 Å². The summed E-state index contributed by atoms with van der Waals surface area (Å²) in [5.41, 5.74) is 1.06. The Morgan fingerprint density at radius 1 is 1.04 bits per heavy atom. The molecule has 6 nitrogen and oxygen atoms in total. The lowest BCUT2D eigenvalue weighted by atomic mass is 9.84. The normalized spacial score (nSPS) is 21.6. The van der Waals surface area contributed by atoms with Gasteiger partial charge in [-0.1, -0.05) is 11.6 Å². The fourth-order valence-electron chi connectivity index (χ4n) is 3.95. The highest BCUT2D eigenvalue weighted by molar-refractivity contribution is 6.33. The molecule has 3 saturated heterocycles. The molecule has 1 N–H and O–H groups in total. The average molecular weight is 378 g/mol. The lowest BCUT2D eigenvalue weighted by Crippen LogP contribution is -2.54. The summed E-state index contributed by atoms with van der Waals surface area (Å²) in [6.07, 6.45) is 4.93. The predicted octanol–water partition coefficient (Wildman–Crippen LogP) is 3.36. The van der Waals surface area contributed by atoms with Gasteiger partial charge in [0.2, 0.25) is 0 Å². The van der Waals surface area contributed by atoms with E-state index in [0.29, 0.717) is 29.4 Å². The fourth-order valence-corrected chi connectivity index (χ4v) is 4.12. The van der Waals surface area contributed by atoms with Crippen molar-refractivity contribution in [3.8, 4) is 0 Å². The van der Waals surface area contributed by atoms with Crippen LogP contribution in [0.15, 0.2) is 18.2 Å². The van der Waals surface area contributed by atoms with Crippen LogP contribution in [0.25, 0.3) is 0 Å². The Morgan fingerprint density at radius 3 is 2.35 bits per heavy atom. The molecule has 0 aliphatic carbocycles. The maximum atomic E-state index is 12.6. The number of carbonyl (C=O) groups excluding carboxylic acids is 2. The van der Waals surface area contributed by atoms with E-state index in [4.69, 9.17) is 16.3 Å². The number of ether oxygens (including phenoxy) is 1. The van der Waals surface area contributed by atoms with Gasteiger partial charge in [-0.25, -0.2) is 4.79 Å². The molecule has 3 aliphatic heterocycles. The average Bonchev–Trinajstić information content (AvgIpc) is 3.16. The van der Waals surface area contributed by atoms with Crippen LogP contribution in [-0.2, 0) is 4.74 Å². The van der Waals surface area contributed by atoms with Crippen LogP contribution in [-0.4, -0.2) is 60.1 Å². The summed E-state index contributed by atoms with van der Waals surface area (Å²) < 4.78 is 5.69. The zero-order valence-electron chi connectivity index (χ0n) is 14.8. The van der Waals surface area contributed by atoms with E-state index < -0.39 is 0 Å². The van der Waals surface area contributed by atoms with Crippen LogP contribution in [0.5, 0.6) is 0 Å². The third-order valence-corrected chi connectivity index (χ3v) is 6.11. The molecular weight excluding hydrogens is 354 g/mol. The molecule has 1 aromatic rings. The maximum absolute atomic E-state index is 12.6. The SMILES string of the molecule is O=C(Nc1cc(C(=O)N2CCCC2)ccc1Cl)N1CCC2(CCO2)CC1. The van der Waals surface area contributed by atoms with Crippen molar-refractivity contribution >= 4 is 29.2 Å². The second-order valence-electron chi connectivity index (χ2n) is 7.39. The fraction of sp³-hybridized carbons (Fsp3) is 0.579. The van der Waals surface area contributed by atoms with Crippen molar-refractivity contribution in [1.82, 2.24) is 9.80 Å². The van der Waals surface area contributed by atoms with Crippen LogP contribution >= 0.6 is 11.6 Å². The zero-order valence-corrected chi connectivity index (χ0v) is 15.6. The number of benzene rings is 1. The van der Waals surface area contributed by atoms with Gasteiger partial charge in [-0.15, -0.1) is 0 Å². The Hall–Kier alpha value is -1.79. The van der Waals surface area contributed by atoms with E-state index in [2.05, 4.69) is 5.32 Å². The van der Waals surface area contributed by atoms with Gasteiger partial charge in [0.05, 0.1) is 22.9 Å². The van der Waals surface area contributed by atoms with E-state index in [1.165, 1.54) is 0 Å². The summed E-state index contributed by atoms with van der Waals surface area (Å²) in [7, 11) is 0. The number of hydrogen-bond acceptors (Lipinski definition) is 3. The second-order valence-corrected chi connectivity index (χ2v) is 7.80. The van der Waals surface area contributed by atoms with Crippen molar-refractivity contribution in [2.24, 2.45) is 0 Å². The first kappa shape index (κ1) is 17.6. The number of piperidine rings is 1. The molecule has 26 heavy (non-hydrogen) atoms. The van der Waals surface area contributed by atoms with Gasteiger partial charge >= 0.3 is 6.03 Å². The molecule has 0 atom stereocenters. The predicted molar refractivity (Wildman–Crippen MR) is 99.7 cm³/mol. The Kier molecular flexibility index (Phi) is 4.80. The monoisotopic (exact) mass is 377 g/mol. The first-order valence-corrected chi connectivity index (χ1v) is 9.73. The molecule has 0 aromatic heterocycles. The number of rotatable bonds is 2. The molecule has 140 valence electrons. The van der Waals surface area contributed by atoms with Crippen molar-refractivity contribution in [2.75, 3.05) is 38.1 Å². The number of nitrogens with one attached hydrogen (secondary N) is 1. The maximum Gasteiger partial charge on any atom is 0.321 e. The van der Waals surface area contributed by atoms with E-state index in [1.54, 1.807) is 23.1 Å². The summed E-state index contributed by atoms with van der Waals surface area (Å²) in [6, 6.07) is 4.90. The molecule has 1 spiro atoms. The third-order valence-electron chi connectivity index (χ3n) is 5.78. The van der Waals surface area contributed by atoms with E-state index in [9.17, 15) is 9.59 Å². The van der Waals surface area contributed by atoms with E-state index in [-0.39, 0.29) is 17.5 Å². The van der Waals surface area contributed by atoms with Gasteiger partial charge in [-0.2, -0.15) is 0 Å². The molecular formula is C19H24ClN3O3. The van der Waals surface area contributed by atoms with Crippen LogP contribution < -0.4 is 5.32 Å². The Labute approximate surface area is 158 Å². The molecule has 7 heteroatoms. The summed E-state index contributed by atoms with van der Waals surface area (Å²) in [5.74, 6) is -0.00304. The second kappa shape index (κ2) is 7.08. The number of halogens is 1. The number of likely N-dealkylation sites (tertiary alicyclic amines) is 2. The number of hydrogen-bond donors (Lipinski definition) is 1. The van der Waals surface area contributed by atoms with Gasteiger partial charge in [-0.05, 0) is 50.3 Å². The summed E-state index contributed by atoms with van der Waals surface area (Å²) in [5, 5.41) is 3.31. The highest BCUT2D eigenvalue weighted by Crippen LogP contribution is 2.37. The van der Waals surface area contributed by atoms with Gasteiger partial charge in [0.25, 0.3) is 5.91 Å². The lowest BCUT2D eigenvalue weighted by molar-refractivity contribution is -0.168. The van der Waals surface area contributed by atoms with Crippen LogP contribution in [0.1, 0.15) is 42.5 Å². The number of nitrogens with zero attached hydrogens (tertiary/aromatic N) is 2. The molecule has 3 aliphatic rings. The largest absolute Gasteiger partial charge is 0.375 e. The van der Waals surface area contributed by atoms with Crippen LogP contribution in [0, 0.1) is 0 Å². The van der Waals surface area contributed by atoms with E-state index in [1.807, 2.05) is 4.90 Å². The van der Waals surface area contributed by atoms with Crippen LogP contribution in [0.4, 0.5) is 10.5 Å². The summed E-state index contributed by atoms with van der Waals surface area (Å²) >= 11 is 6.24. The van der Waals surface area contributed by atoms with Crippen LogP contribution in [0.3, 0.4) is 0 Å². The molecule has 0 bridgehead atoms. The minimum absolute atomic E-state index is 0.00304. The topological polar surface area (TPSA) is 61.9 Å². The smallest absolute Gasteiger partial charge is 0.321 e. The summed E-state index contributed by atoms with van der Waals surface area (Å²) in [6.45, 7) is 3.77. The van der Waals surface area contributed by atoms with Crippen LogP contribution in [0.2, 0.25) is 5.02 Å².